The fraction of sp³-hybridized carbons (Fsp3) is 0.333. The number of urea groups is 1. The molecule has 8 nitrogen and oxygen atoms in total. The maximum absolute atomic E-state index is 12.6. The molecule has 3 amide bonds. The second-order valence-electron chi connectivity index (χ2n) is 7.24. The van der Waals surface area contributed by atoms with Gasteiger partial charge in [-0.3, -0.25) is 4.79 Å². The summed E-state index contributed by atoms with van der Waals surface area (Å²) in [5.74, 6) is 0.866. The van der Waals surface area contributed by atoms with Crippen LogP contribution in [0.15, 0.2) is 42.5 Å². The highest BCUT2D eigenvalue weighted by molar-refractivity contribution is 7.00. The van der Waals surface area contributed by atoms with Crippen LogP contribution in [0.2, 0.25) is 0 Å². The van der Waals surface area contributed by atoms with Crippen LogP contribution in [0.25, 0.3) is 11.0 Å². The third-order valence-electron chi connectivity index (χ3n) is 5.32. The van der Waals surface area contributed by atoms with Crippen LogP contribution in [0.5, 0.6) is 5.75 Å². The summed E-state index contributed by atoms with van der Waals surface area (Å²) in [6.07, 6.45) is 1.68. The molecule has 0 atom stereocenters. The third kappa shape index (κ3) is 4.51. The lowest BCUT2D eigenvalue weighted by Crippen LogP contribution is -2.43. The second-order valence-corrected chi connectivity index (χ2v) is 7.77. The topological polar surface area (TPSA) is 96.5 Å². The molecule has 30 heavy (non-hydrogen) atoms. The van der Waals surface area contributed by atoms with Crippen molar-refractivity contribution in [1.82, 2.24) is 19.0 Å². The predicted octanol–water partition coefficient (Wildman–Crippen LogP) is 3.37. The summed E-state index contributed by atoms with van der Waals surface area (Å²) in [7, 11) is 1.58. The summed E-state index contributed by atoms with van der Waals surface area (Å²) in [4.78, 5) is 26.8. The standard InChI is InChI=1S/C21H23N5O3S/c1-29-19-5-3-2-4-17(19)23-21(28)26-10-8-14(9-11-26)13-22-20(27)15-6-7-16-18(12-15)25-30-24-16/h2-7,12,14H,8-11,13H2,1H3,(H,22,27)(H,23,28). The number of fused-ring (bicyclic) bond motifs is 1. The van der Waals surface area contributed by atoms with Crippen molar-refractivity contribution < 1.29 is 14.3 Å². The van der Waals surface area contributed by atoms with E-state index in [9.17, 15) is 9.59 Å². The molecule has 0 unspecified atom stereocenters. The van der Waals surface area contributed by atoms with E-state index in [1.165, 1.54) is 0 Å². The van der Waals surface area contributed by atoms with Gasteiger partial charge in [0.25, 0.3) is 5.91 Å². The SMILES string of the molecule is COc1ccccc1NC(=O)N1CCC(CNC(=O)c2ccc3nsnc3c2)CC1. The van der Waals surface area contributed by atoms with Crippen LogP contribution in [0, 0.1) is 5.92 Å². The van der Waals surface area contributed by atoms with Crippen LogP contribution in [0.4, 0.5) is 10.5 Å². The van der Waals surface area contributed by atoms with E-state index < -0.39 is 0 Å². The lowest BCUT2D eigenvalue weighted by atomic mass is 9.97. The van der Waals surface area contributed by atoms with E-state index in [-0.39, 0.29) is 11.9 Å². The molecule has 0 aliphatic carbocycles. The number of carbonyl (C=O) groups excluding carboxylic acids is 2. The zero-order chi connectivity index (χ0) is 20.9. The summed E-state index contributed by atoms with van der Waals surface area (Å²) in [5.41, 5.74) is 2.79. The number of amides is 3. The van der Waals surface area contributed by atoms with E-state index in [0.29, 0.717) is 42.6 Å². The van der Waals surface area contributed by atoms with Gasteiger partial charge in [-0.25, -0.2) is 4.79 Å². The van der Waals surface area contributed by atoms with Crippen molar-refractivity contribution in [3.05, 3.63) is 48.0 Å². The highest BCUT2D eigenvalue weighted by atomic mass is 32.1. The van der Waals surface area contributed by atoms with Crippen LogP contribution in [-0.4, -0.2) is 52.3 Å². The molecule has 0 bridgehead atoms. The predicted molar refractivity (Wildman–Crippen MR) is 116 cm³/mol. The van der Waals surface area contributed by atoms with E-state index in [1.54, 1.807) is 24.1 Å². The number of likely N-dealkylation sites (tertiary alicyclic amines) is 1. The first-order valence-electron chi connectivity index (χ1n) is 9.83. The van der Waals surface area contributed by atoms with E-state index >= 15 is 0 Å². The molecular weight excluding hydrogens is 402 g/mol. The van der Waals surface area contributed by atoms with Crippen molar-refractivity contribution in [2.45, 2.75) is 12.8 Å². The molecule has 0 spiro atoms. The van der Waals surface area contributed by atoms with Gasteiger partial charge >= 0.3 is 6.03 Å². The molecule has 0 radical (unpaired) electrons. The Balaban J connectivity index is 1.25. The molecular formula is C21H23N5O3S. The number of benzene rings is 2. The fourth-order valence-corrected chi connectivity index (χ4v) is 4.06. The second kappa shape index (κ2) is 9.08. The normalized spacial score (nSPS) is 14.5. The number of hydrogen-bond acceptors (Lipinski definition) is 6. The lowest BCUT2D eigenvalue weighted by molar-refractivity contribution is 0.0939. The van der Waals surface area contributed by atoms with E-state index in [0.717, 1.165) is 35.6 Å². The maximum atomic E-state index is 12.6. The van der Waals surface area contributed by atoms with E-state index in [4.69, 9.17) is 4.74 Å². The average Bonchev–Trinajstić information content (AvgIpc) is 3.26. The molecule has 0 saturated carbocycles. The number of nitrogens with one attached hydrogen (secondary N) is 2. The molecule has 3 aromatic rings. The van der Waals surface area contributed by atoms with Crippen molar-refractivity contribution in [2.24, 2.45) is 5.92 Å². The monoisotopic (exact) mass is 425 g/mol. The molecule has 1 aliphatic heterocycles. The number of methoxy groups -OCH3 is 1. The van der Waals surface area contributed by atoms with Gasteiger partial charge in [0.05, 0.1) is 24.5 Å². The number of rotatable bonds is 5. The van der Waals surface area contributed by atoms with E-state index in [1.807, 2.05) is 30.3 Å². The van der Waals surface area contributed by atoms with Crippen molar-refractivity contribution in [3.8, 4) is 5.75 Å². The molecule has 2 heterocycles. The van der Waals surface area contributed by atoms with Crippen LogP contribution >= 0.6 is 11.7 Å². The Morgan fingerprint density at radius 1 is 1.13 bits per heavy atom. The first-order valence-corrected chi connectivity index (χ1v) is 10.6. The molecule has 2 N–H and O–H groups in total. The number of nitrogens with zero attached hydrogens (tertiary/aromatic N) is 3. The minimum atomic E-state index is -0.132. The fourth-order valence-electron chi connectivity index (χ4n) is 3.54. The molecule has 156 valence electrons. The highest BCUT2D eigenvalue weighted by Crippen LogP contribution is 2.24. The van der Waals surface area contributed by atoms with Crippen molar-refractivity contribution in [3.63, 3.8) is 0 Å². The Morgan fingerprint density at radius 3 is 2.70 bits per heavy atom. The Hall–Kier alpha value is -3.20. The van der Waals surface area contributed by atoms with E-state index in [2.05, 4.69) is 19.4 Å². The molecule has 1 aliphatic rings. The van der Waals surface area contributed by atoms with Crippen molar-refractivity contribution in [2.75, 3.05) is 32.1 Å². The van der Waals surface area contributed by atoms with Crippen LogP contribution in [0.1, 0.15) is 23.2 Å². The maximum Gasteiger partial charge on any atom is 0.321 e. The summed E-state index contributed by atoms with van der Waals surface area (Å²) in [6, 6.07) is 12.6. The number of para-hydroxylation sites is 2. The number of piperidine rings is 1. The smallest absolute Gasteiger partial charge is 0.321 e. The third-order valence-corrected chi connectivity index (χ3v) is 5.87. The molecule has 9 heteroatoms. The molecule has 1 aromatic heterocycles. The van der Waals surface area contributed by atoms with Crippen molar-refractivity contribution in [1.29, 1.82) is 0 Å². The molecule has 4 rings (SSSR count). The summed E-state index contributed by atoms with van der Waals surface area (Å²) in [6.45, 7) is 1.89. The minimum absolute atomic E-state index is 0.110. The number of aromatic nitrogens is 2. The first-order chi connectivity index (χ1) is 14.6. The van der Waals surface area contributed by atoms with Gasteiger partial charge in [0.2, 0.25) is 0 Å². The number of anilines is 1. The molecule has 2 aromatic carbocycles. The zero-order valence-corrected chi connectivity index (χ0v) is 17.4. The van der Waals surface area contributed by atoms with Crippen molar-refractivity contribution >= 4 is 40.4 Å². The molecule has 1 fully saturated rings. The number of hydrogen-bond donors (Lipinski definition) is 2. The number of ether oxygens (including phenoxy) is 1. The van der Waals surface area contributed by atoms with Gasteiger partial charge in [0, 0.05) is 25.2 Å². The minimum Gasteiger partial charge on any atom is -0.495 e. The van der Waals surface area contributed by atoms with Gasteiger partial charge in [-0.2, -0.15) is 8.75 Å². The van der Waals surface area contributed by atoms with Gasteiger partial charge in [-0.1, -0.05) is 12.1 Å². The van der Waals surface area contributed by atoms with Gasteiger partial charge < -0.3 is 20.3 Å². The Bertz CT molecular complexity index is 1050. The first kappa shape index (κ1) is 20.1. The Labute approximate surface area is 178 Å². The lowest BCUT2D eigenvalue weighted by Gasteiger charge is -2.32. The molecule has 1 saturated heterocycles. The van der Waals surface area contributed by atoms with Crippen LogP contribution in [-0.2, 0) is 0 Å². The van der Waals surface area contributed by atoms with Gasteiger partial charge in [-0.05, 0) is 49.1 Å². The Morgan fingerprint density at radius 2 is 1.90 bits per heavy atom. The number of carbonyl (C=O) groups is 2. The van der Waals surface area contributed by atoms with Gasteiger partial charge in [0.1, 0.15) is 16.8 Å². The quantitative estimate of drug-likeness (QED) is 0.653. The van der Waals surface area contributed by atoms with Gasteiger partial charge in [-0.15, -0.1) is 0 Å². The zero-order valence-electron chi connectivity index (χ0n) is 16.6. The largest absolute Gasteiger partial charge is 0.495 e. The Kier molecular flexibility index (Phi) is 6.08. The van der Waals surface area contributed by atoms with Crippen LogP contribution < -0.4 is 15.4 Å². The van der Waals surface area contributed by atoms with Gasteiger partial charge in [0.15, 0.2) is 0 Å². The summed E-state index contributed by atoms with van der Waals surface area (Å²) >= 11 is 1.14. The van der Waals surface area contributed by atoms with Crippen LogP contribution in [0.3, 0.4) is 0 Å². The average molecular weight is 426 g/mol. The summed E-state index contributed by atoms with van der Waals surface area (Å²) in [5, 5.41) is 5.92. The highest BCUT2D eigenvalue weighted by Gasteiger charge is 2.24. The summed E-state index contributed by atoms with van der Waals surface area (Å²) < 4.78 is 13.6.